The number of likely N-dealkylation sites (tertiary alicyclic amines) is 2. The fourth-order valence-corrected chi connectivity index (χ4v) is 4.04. The number of carbonyl (C=O) groups excluding carboxylic acids is 2. The Morgan fingerprint density at radius 1 is 0.808 bits per heavy atom. The van der Waals surface area contributed by atoms with Crippen molar-refractivity contribution in [2.24, 2.45) is 5.41 Å². The Bertz CT molecular complexity index is 786. The molecular formula is C20H22N4O2. The highest BCUT2D eigenvalue weighted by atomic mass is 16.2. The monoisotopic (exact) mass is 350 g/mol. The zero-order chi connectivity index (χ0) is 18.0. The summed E-state index contributed by atoms with van der Waals surface area (Å²) in [6.07, 6.45) is 9.49. The number of hydrogen-bond acceptors (Lipinski definition) is 4. The first-order chi connectivity index (χ1) is 12.7. The molecule has 0 atom stereocenters. The molecule has 2 aliphatic heterocycles. The van der Waals surface area contributed by atoms with E-state index in [0.29, 0.717) is 11.1 Å². The summed E-state index contributed by atoms with van der Waals surface area (Å²) in [5.41, 5.74) is 1.43. The van der Waals surface area contributed by atoms with Crippen LogP contribution in [0.2, 0.25) is 0 Å². The van der Waals surface area contributed by atoms with E-state index in [2.05, 4.69) is 9.97 Å². The maximum Gasteiger partial charge on any atom is 0.255 e. The van der Waals surface area contributed by atoms with Crippen LogP contribution in [0, 0.1) is 5.41 Å². The first-order valence-corrected chi connectivity index (χ1v) is 9.06. The van der Waals surface area contributed by atoms with Gasteiger partial charge in [0.15, 0.2) is 0 Å². The van der Waals surface area contributed by atoms with Crippen LogP contribution in [-0.2, 0) is 0 Å². The molecule has 0 saturated carbocycles. The molecule has 2 amide bonds. The predicted molar refractivity (Wildman–Crippen MR) is 96.6 cm³/mol. The summed E-state index contributed by atoms with van der Waals surface area (Å²) >= 11 is 0. The van der Waals surface area contributed by atoms with Gasteiger partial charge in [0.1, 0.15) is 0 Å². The van der Waals surface area contributed by atoms with Crippen LogP contribution < -0.4 is 0 Å². The van der Waals surface area contributed by atoms with Crippen molar-refractivity contribution in [3.05, 3.63) is 60.2 Å². The van der Waals surface area contributed by atoms with Gasteiger partial charge in [0, 0.05) is 51.0 Å². The van der Waals surface area contributed by atoms with E-state index in [1.165, 1.54) is 0 Å². The van der Waals surface area contributed by atoms with Gasteiger partial charge in [-0.25, -0.2) is 0 Å². The van der Waals surface area contributed by atoms with Gasteiger partial charge in [-0.15, -0.1) is 0 Å². The standard InChI is InChI=1S/C20H22N4O2/c25-18(16-3-1-8-21-13-16)23-10-5-20(6-11-23)7-12-24(15-20)19(26)17-4-2-9-22-14-17/h1-4,8-9,13-14H,5-7,10-12,15H2. The second-order valence-corrected chi connectivity index (χ2v) is 7.25. The van der Waals surface area contributed by atoms with E-state index < -0.39 is 0 Å². The number of amides is 2. The third-order valence-electron chi connectivity index (χ3n) is 5.65. The highest BCUT2D eigenvalue weighted by Crippen LogP contribution is 2.41. The van der Waals surface area contributed by atoms with Gasteiger partial charge in [0.2, 0.25) is 0 Å². The van der Waals surface area contributed by atoms with Crippen LogP contribution in [0.25, 0.3) is 0 Å². The molecule has 2 fully saturated rings. The lowest BCUT2D eigenvalue weighted by molar-refractivity contribution is 0.0565. The number of aromatic nitrogens is 2. The Morgan fingerprint density at radius 2 is 1.31 bits per heavy atom. The smallest absolute Gasteiger partial charge is 0.255 e. The van der Waals surface area contributed by atoms with Crippen LogP contribution >= 0.6 is 0 Å². The summed E-state index contributed by atoms with van der Waals surface area (Å²) < 4.78 is 0. The first kappa shape index (κ1) is 16.7. The normalized spacial score (nSPS) is 18.9. The number of pyridine rings is 2. The molecule has 6 nitrogen and oxygen atoms in total. The summed E-state index contributed by atoms with van der Waals surface area (Å²) in [5, 5.41) is 0. The second-order valence-electron chi connectivity index (χ2n) is 7.25. The Kier molecular flexibility index (Phi) is 4.41. The van der Waals surface area contributed by atoms with E-state index in [-0.39, 0.29) is 17.2 Å². The molecule has 0 bridgehead atoms. The average molecular weight is 350 g/mol. The molecule has 0 N–H and O–H groups in total. The number of hydrogen-bond donors (Lipinski definition) is 0. The summed E-state index contributed by atoms with van der Waals surface area (Å²) in [4.78, 5) is 37.1. The fraction of sp³-hybridized carbons (Fsp3) is 0.400. The molecule has 0 unspecified atom stereocenters. The molecule has 2 aromatic heterocycles. The third kappa shape index (κ3) is 3.19. The topological polar surface area (TPSA) is 66.4 Å². The second kappa shape index (κ2) is 6.86. The molecule has 26 heavy (non-hydrogen) atoms. The molecule has 4 heterocycles. The predicted octanol–water partition coefficient (Wildman–Crippen LogP) is 2.25. The van der Waals surface area contributed by atoms with E-state index in [0.717, 1.165) is 45.4 Å². The van der Waals surface area contributed by atoms with Crippen molar-refractivity contribution in [1.82, 2.24) is 19.8 Å². The van der Waals surface area contributed by atoms with Gasteiger partial charge in [-0.05, 0) is 48.9 Å². The first-order valence-electron chi connectivity index (χ1n) is 9.06. The number of rotatable bonds is 2. The van der Waals surface area contributed by atoms with Crippen LogP contribution in [0.1, 0.15) is 40.0 Å². The van der Waals surface area contributed by atoms with E-state index in [4.69, 9.17) is 0 Å². The number of piperidine rings is 1. The molecule has 2 aromatic rings. The summed E-state index contributed by atoms with van der Waals surface area (Å²) in [7, 11) is 0. The minimum atomic E-state index is 0.0502. The van der Waals surface area contributed by atoms with Gasteiger partial charge in [-0.2, -0.15) is 0 Å². The van der Waals surface area contributed by atoms with Gasteiger partial charge in [0.25, 0.3) is 11.8 Å². The molecule has 0 radical (unpaired) electrons. The van der Waals surface area contributed by atoms with Crippen LogP contribution in [0.4, 0.5) is 0 Å². The van der Waals surface area contributed by atoms with Crippen LogP contribution in [0.15, 0.2) is 49.1 Å². The van der Waals surface area contributed by atoms with Crippen molar-refractivity contribution >= 4 is 11.8 Å². The summed E-state index contributed by atoms with van der Waals surface area (Å²) in [6, 6.07) is 7.21. The van der Waals surface area contributed by atoms with Crippen molar-refractivity contribution in [2.45, 2.75) is 19.3 Å². The minimum absolute atomic E-state index is 0.0502. The molecule has 1 spiro atoms. The van der Waals surface area contributed by atoms with E-state index in [1.54, 1.807) is 36.9 Å². The lowest BCUT2D eigenvalue weighted by atomic mass is 9.77. The Labute approximate surface area is 152 Å². The maximum atomic E-state index is 12.6. The lowest BCUT2D eigenvalue weighted by Crippen LogP contribution is -2.44. The largest absolute Gasteiger partial charge is 0.339 e. The highest BCUT2D eigenvalue weighted by molar-refractivity contribution is 5.94. The summed E-state index contributed by atoms with van der Waals surface area (Å²) in [6.45, 7) is 3.03. The highest BCUT2D eigenvalue weighted by Gasteiger charge is 2.42. The number of nitrogens with zero attached hydrogens (tertiary/aromatic N) is 4. The van der Waals surface area contributed by atoms with Gasteiger partial charge in [-0.1, -0.05) is 0 Å². The SMILES string of the molecule is O=C(c1cccnc1)N1CCC2(CC1)CCN(C(=O)c1cccnc1)C2. The van der Waals surface area contributed by atoms with E-state index in [1.807, 2.05) is 21.9 Å². The third-order valence-corrected chi connectivity index (χ3v) is 5.65. The Balaban J connectivity index is 1.37. The molecule has 2 saturated heterocycles. The van der Waals surface area contributed by atoms with Crippen molar-refractivity contribution < 1.29 is 9.59 Å². The molecule has 4 rings (SSSR count). The van der Waals surface area contributed by atoms with Crippen molar-refractivity contribution in [2.75, 3.05) is 26.2 Å². The molecule has 6 heteroatoms. The Morgan fingerprint density at radius 3 is 1.81 bits per heavy atom. The zero-order valence-corrected chi connectivity index (χ0v) is 14.7. The fourth-order valence-electron chi connectivity index (χ4n) is 4.04. The maximum absolute atomic E-state index is 12.6. The van der Waals surface area contributed by atoms with Gasteiger partial charge < -0.3 is 9.80 Å². The van der Waals surface area contributed by atoms with Gasteiger partial charge in [-0.3, -0.25) is 19.6 Å². The number of carbonyl (C=O) groups is 2. The van der Waals surface area contributed by atoms with Crippen molar-refractivity contribution in [3.8, 4) is 0 Å². The molecule has 2 aliphatic rings. The van der Waals surface area contributed by atoms with Gasteiger partial charge >= 0.3 is 0 Å². The average Bonchev–Trinajstić information content (AvgIpc) is 3.12. The lowest BCUT2D eigenvalue weighted by Gasteiger charge is -2.39. The molecule has 134 valence electrons. The van der Waals surface area contributed by atoms with Crippen molar-refractivity contribution in [3.63, 3.8) is 0 Å². The quantitative estimate of drug-likeness (QED) is 0.833. The summed E-state index contributed by atoms with van der Waals surface area (Å²) in [5.74, 6) is 0.109. The van der Waals surface area contributed by atoms with Crippen LogP contribution in [-0.4, -0.2) is 57.8 Å². The van der Waals surface area contributed by atoms with Crippen LogP contribution in [0.3, 0.4) is 0 Å². The minimum Gasteiger partial charge on any atom is -0.339 e. The van der Waals surface area contributed by atoms with Crippen molar-refractivity contribution in [1.29, 1.82) is 0 Å². The van der Waals surface area contributed by atoms with Gasteiger partial charge in [0.05, 0.1) is 11.1 Å². The molecule has 0 aliphatic carbocycles. The zero-order valence-electron chi connectivity index (χ0n) is 14.7. The molecule has 0 aromatic carbocycles. The molecular weight excluding hydrogens is 328 g/mol. The van der Waals surface area contributed by atoms with Crippen LogP contribution in [0.5, 0.6) is 0 Å². The van der Waals surface area contributed by atoms with E-state index >= 15 is 0 Å². The van der Waals surface area contributed by atoms with E-state index in [9.17, 15) is 9.59 Å². The Hall–Kier alpha value is -2.76.